The zero-order valence-electron chi connectivity index (χ0n) is 9.03. The quantitative estimate of drug-likeness (QED) is 0.835. The van der Waals surface area contributed by atoms with Gasteiger partial charge in [0.25, 0.3) is 6.43 Å². The summed E-state index contributed by atoms with van der Waals surface area (Å²) in [5.74, 6) is 0. The molecule has 0 bridgehead atoms. The first-order valence-electron chi connectivity index (χ1n) is 5.21. The Kier molecular flexibility index (Phi) is 3.77. The predicted molar refractivity (Wildman–Crippen MR) is 59.5 cm³/mol. The van der Waals surface area contributed by atoms with Crippen molar-refractivity contribution in [1.29, 1.82) is 0 Å². The molecule has 17 heavy (non-hydrogen) atoms. The number of hydrogen-bond acceptors (Lipinski definition) is 3. The maximum absolute atomic E-state index is 12.0. The van der Waals surface area contributed by atoms with E-state index in [0.717, 1.165) is 5.56 Å². The van der Waals surface area contributed by atoms with Crippen LogP contribution in [0.1, 0.15) is 5.69 Å². The second-order valence-electron chi connectivity index (χ2n) is 3.51. The number of H-pyrrole nitrogens is 1. The van der Waals surface area contributed by atoms with E-state index in [1.807, 2.05) is 30.3 Å². The van der Waals surface area contributed by atoms with Gasteiger partial charge in [-0.3, -0.25) is 0 Å². The average Bonchev–Trinajstić information content (AvgIpc) is 2.78. The monoisotopic (exact) mass is 238 g/mol. The Hall–Kier alpha value is -1.82. The van der Waals surface area contributed by atoms with Crippen molar-refractivity contribution in [3.05, 3.63) is 36.0 Å². The Morgan fingerprint density at radius 1 is 1.18 bits per heavy atom. The molecule has 0 aliphatic rings. The Bertz CT molecular complexity index is 456. The number of alkyl halides is 2. The molecule has 2 aromatic rings. The van der Waals surface area contributed by atoms with Crippen LogP contribution in [0.5, 0.6) is 0 Å². The zero-order valence-corrected chi connectivity index (χ0v) is 9.03. The highest BCUT2D eigenvalue weighted by molar-refractivity contribution is 5.60. The lowest BCUT2D eigenvalue weighted by Gasteiger charge is -2.03. The molecule has 0 aliphatic heterocycles. The van der Waals surface area contributed by atoms with Crippen molar-refractivity contribution in [3.8, 4) is 11.3 Å². The van der Waals surface area contributed by atoms with Crippen molar-refractivity contribution in [2.75, 3.05) is 6.54 Å². The number of benzene rings is 1. The van der Waals surface area contributed by atoms with Crippen LogP contribution in [-0.4, -0.2) is 28.4 Å². The molecule has 0 radical (unpaired) electrons. The predicted octanol–water partition coefficient (Wildman–Crippen LogP) is 1.83. The fraction of sp³-hybridized carbons (Fsp3) is 0.273. The van der Waals surface area contributed by atoms with Gasteiger partial charge in [0.15, 0.2) is 0 Å². The largest absolute Gasteiger partial charge is 0.306 e. The third-order valence-electron chi connectivity index (χ3n) is 2.26. The van der Waals surface area contributed by atoms with Gasteiger partial charge in [-0.05, 0) is 0 Å². The van der Waals surface area contributed by atoms with Gasteiger partial charge in [-0.15, -0.1) is 0 Å². The molecule has 0 fully saturated rings. The maximum atomic E-state index is 12.0. The summed E-state index contributed by atoms with van der Waals surface area (Å²) in [4.78, 5) is 0. The van der Waals surface area contributed by atoms with E-state index >= 15 is 0 Å². The van der Waals surface area contributed by atoms with Crippen LogP contribution in [0.15, 0.2) is 30.3 Å². The number of nitrogens with zero attached hydrogens (tertiary/aromatic N) is 2. The van der Waals surface area contributed by atoms with Gasteiger partial charge in [-0.1, -0.05) is 30.3 Å². The molecule has 0 saturated heterocycles. The highest BCUT2D eigenvalue weighted by Gasteiger charge is 2.10. The number of halogens is 2. The summed E-state index contributed by atoms with van der Waals surface area (Å²) in [6, 6.07) is 9.47. The van der Waals surface area contributed by atoms with Crippen molar-refractivity contribution in [2.24, 2.45) is 0 Å². The van der Waals surface area contributed by atoms with Gasteiger partial charge >= 0.3 is 0 Å². The lowest BCUT2D eigenvalue weighted by molar-refractivity contribution is 0.145. The highest BCUT2D eigenvalue weighted by Crippen LogP contribution is 2.18. The molecule has 0 amide bonds. The highest BCUT2D eigenvalue weighted by atomic mass is 19.3. The van der Waals surface area contributed by atoms with Gasteiger partial charge < -0.3 is 5.32 Å². The maximum Gasteiger partial charge on any atom is 0.250 e. The van der Waals surface area contributed by atoms with Crippen LogP contribution in [0, 0.1) is 0 Å². The van der Waals surface area contributed by atoms with E-state index in [1.54, 1.807) is 0 Å². The summed E-state index contributed by atoms with van der Waals surface area (Å²) in [7, 11) is 0. The van der Waals surface area contributed by atoms with Crippen molar-refractivity contribution < 1.29 is 8.78 Å². The standard InChI is InChI=1S/C11H12F2N4/c12-10(13)7-14-6-9-11(16-17-15-9)8-4-2-1-3-5-8/h1-5,10,14H,6-7H2,(H,15,16,17). The van der Waals surface area contributed by atoms with Gasteiger partial charge in [0.05, 0.1) is 6.54 Å². The molecule has 2 N–H and O–H groups in total. The third kappa shape index (κ3) is 3.07. The van der Waals surface area contributed by atoms with Crippen molar-refractivity contribution >= 4 is 0 Å². The van der Waals surface area contributed by atoms with E-state index in [-0.39, 0.29) is 13.1 Å². The first kappa shape index (κ1) is 11.7. The minimum atomic E-state index is -2.36. The van der Waals surface area contributed by atoms with Gasteiger partial charge in [0.1, 0.15) is 11.4 Å². The Morgan fingerprint density at radius 2 is 1.94 bits per heavy atom. The summed E-state index contributed by atoms with van der Waals surface area (Å²) >= 11 is 0. The second kappa shape index (κ2) is 5.49. The van der Waals surface area contributed by atoms with E-state index < -0.39 is 6.43 Å². The molecule has 4 nitrogen and oxygen atoms in total. The van der Waals surface area contributed by atoms with Crippen LogP contribution >= 0.6 is 0 Å². The smallest absolute Gasteiger partial charge is 0.250 e. The molecule has 0 unspecified atom stereocenters. The van der Waals surface area contributed by atoms with Crippen LogP contribution in [0.4, 0.5) is 8.78 Å². The molecule has 6 heteroatoms. The molecule has 1 aromatic heterocycles. The summed E-state index contributed by atoms with van der Waals surface area (Å²) in [5.41, 5.74) is 2.24. The second-order valence-corrected chi connectivity index (χ2v) is 3.51. The van der Waals surface area contributed by atoms with E-state index in [0.29, 0.717) is 11.4 Å². The fourth-order valence-electron chi connectivity index (χ4n) is 1.50. The lowest BCUT2D eigenvalue weighted by atomic mass is 10.1. The Labute approximate surface area is 97.0 Å². The SMILES string of the molecule is FC(F)CNCc1n[nH]nc1-c1ccccc1. The summed E-state index contributed by atoms with van der Waals surface area (Å²) in [6.45, 7) is -0.0772. The molecular weight excluding hydrogens is 226 g/mol. The minimum absolute atomic E-state index is 0.269. The molecule has 0 saturated carbocycles. The van der Waals surface area contributed by atoms with Gasteiger partial charge in [0.2, 0.25) is 0 Å². The van der Waals surface area contributed by atoms with Crippen LogP contribution in [0.3, 0.4) is 0 Å². The van der Waals surface area contributed by atoms with Crippen LogP contribution in [0.25, 0.3) is 11.3 Å². The number of nitrogens with one attached hydrogen (secondary N) is 2. The molecule has 1 heterocycles. The average molecular weight is 238 g/mol. The summed E-state index contributed by atoms with van der Waals surface area (Å²) in [6.07, 6.45) is -2.36. The van der Waals surface area contributed by atoms with E-state index in [2.05, 4.69) is 20.7 Å². The number of hydrogen-bond donors (Lipinski definition) is 2. The lowest BCUT2D eigenvalue weighted by Crippen LogP contribution is -2.21. The molecular formula is C11H12F2N4. The number of rotatable bonds is 5. The normalized spacial score (nSPS) is 11.0. The molecule has 1 aromatic carbocycles. The van der Waals surface area contributed by atoms with E-state index in [4.69, 9.17) is 0 Å². The Balaban J connectivity index is 2.07. The molecule has 0 aliphatic carbocycles. The Morgan fingerprint density at radius 3 is 2.65 bits per heavy atom. The molecule has 2 rings (SSSR count). The van der Waals surface area contributed by atoms with Gasteiger partial charge in [-0.25, -0.2) is 8.78 Å². The fourth-order valence-corrected chi connectivity index (χ4v) is 1.50. The van der Waals surface area contributed by atoms with Crippen molar-refractivity contribution in [2.45, 2.75) is 13.0 Å². The molecule has 0 atom stereocenters. The van der Waals surface area contributed by atoms with Crippen LogP contribution < -0.4 is 5.32 Å². The van der Waals surface area contributed by atoms with Gasteiger partial charge in [-0.2, -0.15) is 15.4 Å². The van der Waals surface area contributed by atoms with E-state index in [1.165, 1.54) is 0 Å². The van der Waals surface area contributed by atoms with Crippen LogP contribution in [-0.2, 0) is 6.54 Å². The zero-order chi connectivity index (χ0) is 12.1. The minimum Gasteiger partial charge on any atom is -0.306 e. The third-order valence-corrected chi connectivity index (χ3v) is 2.26. The van der Waals surface area contributed by atoms with Crippen molar-refractivity contribution in [3.63, 3.8) is 0 Å². The number of aromatic amines is 1. The summed E-state index contributed by atoms with van der Waals surface area (Å²) in [5, 5.41) is 13.1. The first-order chi connectivity index (χ1) is 8.27. The van der Waals surface area contributed by atoms with Crippen LogP contribution in [0.2, 0.25) is 0 Å². The molecule has 90 valence electrons. The van der Waals surface area contributed by atoms with Crippen molar-refractivity contribution in [1.82, 2.24) is 20.7 Å². The van der Waals surface area contributed by atoms with Gasteiger partial charge in [0, 0.05) is 12.1 Å². The number of aromatic nitrogens is 3. The summed E-state index contributed by atoms with van der Waals surface area (Å²) < 4.78 is 24.0. The van der Waals surface area contributed by atoms with E-state index in [9.17, 15) is 8.78 Å². The first-order valence-corrected chi connectivity index (χ1v) is 5.21. The molecule has 0 spiro atoms. The topological polar surface area (TPSA) is 53.6 Å².